The molecule has 0 aliphatic rings. The second kappa shape index (κ2) is 7.29. The minimum Gasteiger partial charge on any atom is -0.444 e. The maximum Gasteiger partial charge on any atom is 0.407 e. The SMILES string of the molecule is CC(C)(C)OC(=O)NCC(O)C(O)c1ccc2c(Cl)ncnc2c1. The number of ether oxygens (including phenoxy) is 1. The van der Waals surface area contributed by atoms with Crippen molar-refractivity contribution < 1.29 is 19.7 Å². The molecule has 0 aliphatic carbocycles. The summed E-state index contributed by atoms with van der Waals surface area (Å²) in [6.45, 7) is 5.05. The van der Waals surface area contributed by atoms with Crippen molar-refractivity contribution in [3.63, 3.8) is 0 Å². The van der Waals surface area contributed by atoms with Gasteiger partial charge < -0.3 is 20.3 Å². The maximum absolute atomic E-state index is 11.6. The van der Waals surface area contributed by atoms with Gasteiger partial charge in [0, 0.05) is 11.9 Å². The number of carbonyl (C=O) groups is 1. The number of amides is 1. The van der Waals surface area contributed by atoms with Gasteiger partial charge in [0.15, 0.2) is 0 Å². The molecule has 0 saturated heterocycles. The number of aliphatic hydroxyl groups excluding tert-OH is 2. The van der Waals surface area contributed by atoms with E-state index in [1.165, 1.54) is 6.33 Å². The minimum atomic E-state index is -1.20. The zero-order valence-corrected chi connectivity index (χ0v) is 14.4. The molecule has 0 bridgehead atoms. The van der Waals surface area contributed by atoms with E-state index >= 15 is 0 Å². The molecule has 0 saturated carbocycles. The molecule has 3 N–H and O–H groups in total. The monoisotopic (exact) mass is 353 g/mol. The molecule has 130 valence electrons. The molecule has 1 heterocycles. The van der Waals surface area contributed by atoms with Crippen LogP contribution in [0.1, 0.15) is 32.4 Å². The molecule has 7 nitrogen and oxygen atoms in total. The van der Waals surface area contributed by atoms with Crippen LogP contribution in [-0.4, -0.2) is 44.5 Å². The number of alkyl carbamates (subject to hydrolysis) is 1. The first-order chi connectivity index (χ1) is 11.2. The summed E-state index contributed by atoms with van der Waals surface area (Å²) in [5, 5.41) is 23.7. The van der Waals surface area contributed by atoms with E-state index in [-0.39, 0.29) is 6.54 Å². The second-order valence-electron chi connectivity index (χ2n) is 6.34. The van der Waals surface area contributed by atoms with Crippen molar-refractivity contribution in [3.05, 3.63) is 35.2 Å². The van der Waals surface area contributed by atoms with Crippen molar-refractivity contribution in [3.8, 4) is 0 Å². The van der Waals surface area contributed by atoms with E-state index in [0.717, 1.165) is 0 Å². The van der Waals surface area contributed by atoms with Gasteiger partial charge in [-0.1, -0.05) is 17.7 Å². The Bertz CT molecular complexity index is 733. The van der Waals surface area contributed by atoms with Gasteiger partial charge in [0.1, 0.15) is 29.3 Å². The van der Waals surface area contributed by atoms with Crippen LogP contribution in [-0.2, 0) is 4.74 Å². The number of aromatic nitrogens is 2. The Morgan fingerprint density at radius 3 is 2.71 bits per heavy atom. The summed E-state index contributed by atoms with van der Waals surface area (Å²) in [7, 11) is 0. The highest BCUT2D eigenvalue weighted by Crippen LogP contribution is 2.24. The summed E-state index contributed by atoms with van der Waals surface area (Å²) in [5.74, 6) is 0. The van der Waals surface area contributed by atoms with Crippen LogP contribution in [0.4, 0.5) is 4.79 Å². The fraction of sp³-hybridized carbons (Fsp3) is 0.438. The van der Waals surface area contributed by atoms with Gasteiger partial charge in [-0.15, -0.1) is 0 Å². The molecular formula is C16H20ClN3O4. The van der Waals surface area contributed by atoms with Gasteiger partial charge in [-0.05, 0) is 38.5 Å². The molecule has 2 rings (SSSR count). The third-order valence-electron chi connectivity index (χ3n) is 3.17. The number of benzene rings is 1. The third kappa shape index (κ3) is 4.77. The molecular weight excluding hydrogens is 334 g/mol. The predicted octanol–water partition coefficient (Wildman–Crippen LogP) is 2.20. The molecule has 1 amide bonds. The average molecular weight is 354 g/mol. The Morgan fingerprint density at radius 2 is 2.04 bits per heavy atom. The van der Waals surface area contributed by atoms with E-state index in [4.69, 9.17) is 16.3 Å². The first-order valence-corrected chi connectivity index (χ1v) is 7.78. The van der Waals surface area contributed by atoms with Crippen LogP contribution in [0.25, 0.3) is 10.9 Å². The molecule has 2 aromatic rings. The van der Waals surface area contributed by atoms with Crippen LogP contribution in [0.2, 0.25) is 5.15 Å². The zero-order valence-electron chi connectivity index (χ0n) is 13.7. The zero-order chi connectivity index (χ0) is 17.9. The van der Waals surface area contributed by atoms with Crippen molar-refractivity contribution in [2.24, 2.45) is 0 Å². The van der Waals surface area contributed by atoms with Crippen LogP contribution < -0.4 is 5.32 Å². The van der Waals surface area contributed by atoms with Gasteiger partial charge in [-0.2, -0.15) is 0 Å². The number of hydrogen-bond acceptors (Lipinski definition) is 6. The number of carbonyl (C=O) groups excluding carboxylic acids is 1. The summed E-state index contributed by atoms with van der Waals surface area (Å²) in [6, 6.07) is 4.91. The van der Waals surface area contributed by atoms with E-state index in [1.54, 1.807) is 39.0 Å². The molecule has 0 aliphatic heterocycles. The number of aliphatic hydroxyl groups is 2. The Balaban J connectivity index is 2.03. The largest absolute Gasteiger partial charge is 0.444 e. The Hall–Kier alpha value is -1.96. The van der Waals surface area contributed by atoms with Gasteiger partial charge in [-0.25, -0.2) is 14.8 Å². The summed E-state index contributed by atoms with van der Waals surface area (Å²) >= 11 is 5.96. The predicted molar refractivity (Wildman–Crippen MR) is 89.8 cm³/mol. The molecule has 1 aromatic carbocycles. The average Bonchev–Trinajstić information content (AvgIpc) is 2.50. The molecule has 0 radical (unpaired) electrons. The standard InChI is InChI=1S/C16H20ClN3O4/c1-16(2,3)24-15(23)18-7-12(21)13(22)9-4-5-10-11(6-9)19-8-20-14(10)17/h4-6,8,12-13,21-22H,7H2,1-3H3,(H,18,23). The van der Waals surface area contributed by atoms with Crippen molar-refractivity contribution in [2.75, 3.05) is 6.54 Å². The molecule has 2 atom stereocenters. The van der Waals surface area contributed by atoms with Crippen molar-refractivity contribution in [1.29, 1.82) is 0 Å². The van der Waals surface area contributed by atoms with Crippen molar-refractivity contribution in [2.45, 2.75) is 38.6 Å². The Labute approximate surface area is 144 Å². The number of fused-ring (bicyclic) bond motifs is 1. The lowest BCUT2D eigenvalue weighted by molar-refractivity contribution is 0.0130. The van der Waals surface area contributed by atoms with Gasteiger partial charge in [0.2, 0.25) is 0 Å². The molecule has 2 unspecified atom stereocenters. The summed E-state index contributed by atoms with van der Waals surface area (Å²) < 4.78 is 5.07. The third-order valence-corrected chi connectivity index (χ3v) is 3.47. The molecule has 24 heavy (non-hydrogen) atoms. The summed E-state index contributed by atoms with van der Waals surface area (Å²) in [5.41, 5.74) is 0.375. The number of nitrogens with zero attached hydrogens (tertiary/aromatic N) is 2. The highest BCUT2D eigenvalue weighted by atomic mass is 35.5. The first-order valence-electron chi connectivity index (χ1n) is 7.40. The van der Waals surface area contributed by atoms with E-state index < -0.39 is 23.9 Å². The molecule has 0 fully saturated rings. The summed E-state index contributed by atoms with van der Waals surface area (Å²) in [4.78, 5) is 19.5. The van der Waals surface area contributed by atoms with E-state index in [9.17, 15) is 15.0 Å². The van der Waals surface area contributed by atoms with Gasteiger partial charge in [-0.3, -0.25) is 0 Å². The molecule has 0 spiro atoms. The fourth-order valence-electron chi connectivity index (χ4n) is 2.06. The van der Waals surface area contributed by atoms with Crippen LogP contribution in [0.5, 0.6) is 0 Å². The van der Waals surface area contributed by atoms with E-state index in [1.807, 2.05) is 0 Å². The van der Waals surface area contributed by atoms with E-state index in [0.29, 0.717) is 21.6 Å². The maximum atomic E-state index is 11.6. The van der Waals surface area contributed by atoms with Crippen LogP contribution in [0.15, 0.2) is 24.5 Å². The lowest BCUT2D eigenvalue weighted by atomic mass is 10.0. The normalized spacial score (nSPS) is 14.2. The van der Waals surface area contributed by atoms with Crippen LogP contribution >= 0.6 is 11.6 Å². The van der Waals surface area contributed by atoms with Crippen molar-refractivity contribution >= 4 is 28.6 Å². The second-order valence-corrected chi connectivity index (χ2v) is 6.69. The highest BCUT2D eigenvalue weighted by molar-refractivity contribution is 6.34. The van der Waals surface area contributed by atoms with Crippen molar-refractivity contribution in [1.82, 2.24) is 15.3 Å². The topological polar surface area (TPSA) is 105 Å². The van der Waals surface area contributed by atoms with Crippen LogP contribution in [0.3, 0.4) is 0 Å². The lowest BCUT2D eigenvalue weighted by Gasteiger charge is -2.22. The first kappa shape index (κ1) is 18.4. The fourth-order valence-corrected chi connectivity index (χ4v) is 2.26. The van der Waals surface area contributed by atoms with Gasteiger partial charge in [0.25, 0.3) is 0 Å². The van der Waals surface area contributed by atoms with Gasteiger partial charge >= 0.3 is 6.09 Å². The quantitative estimate of drug-likeness (QED) is 0.728. The number of halogens is 1. The van der Waals surface area contributed by atoms with Gasteiger partial charge in [0.05, 0.1) is 5.52 Å². The molecule has 1 aromatic heterocycles. The highest BCUT2D eigenvalue weighted by Gasteiger charge is 2.22. The van der Waals surface area contributed by atoms with Crippen LogP contribution in [0, 0.1) is 0 Å². The Morgan fingerprint density at radius 1 is 1.33 bits per heavy atom. The molecule has 8 heteroatoms. The van der Waals surface area contributed by atoms with E-state index in [2.05, 4.69) is 15.3 Å². The lowest BCUT2D eigenvalue weighted by Crippen LogP contribution is -2.38. The number of hydrogen-bond donors (Lipinski definition) is 3. The minimum absolute atomic E-state index is 0.154. The number of nitrogens with one attached hydrogen (secondary N) is 1. The number of rotatable bonds is 4. The Kier molecular flexibility index (Phi) is 5.58. The smallest absolute Gasteiger partial charge is 0.407 e. The summed E-state index contributed by atoms with van der Waals surface area (Å²) in [6.07, 6.45) is -1.74.